The number of aryl methyl sites for hydroxylation is 2. The molecule has 0 atom stereocenters. The second-order valence-electron chi connectivity index (χ2n) is 8.85. The number of hydrogen-bond acceptors (Lipinski definition) is 0. The summed E-state index contributed by atoms with van der Waals surface area (Å²) < 4.78 is 14.3. The predicted molar refractivity (Wildman–Crippen MR) is 142 cm³/mol. The number of unbranched alkanes of at least 4 members (excludes halogenated alkanes) is 5. The van der Waals surface area contributed by atoms with Gasteiger partial charge in [0, 0.05) is 22.3 Å². The first-order chi connectivity index (χ1) is 16.7. The molecule has 0 nitrogen and oxygen atoms in total. The van der Waals surface area contributed by atoms with Gasteiger partial charge in [-0.05, 0) is 85.3 Å². The minimum Gasteiger partial charge on any atom is -0.207 e. The fourth-order valence-electron chi connectivity index (χ4n) is 3.83. The van der Waals surface area contributed by atoms with E-state index in [0.29, 0.717) is 5.56 Å². The first kappa shape index (κ1) is 25.3. The Bertz CT molecular complexity index is 1150. The molecule has 3 aromatic carbocycles. The van der Waals surface area contributed by atoms with E-state index in [9.17, 15) is 4.39 Å². The second-order valence-corrected chi connectivity index (χ2v) is 8.85. The minimum atomic E-state index is -0.155. The third-order valence-electron chi connectivity index (χ3n) is 5.96. The summed E-state index contributed by atoms with van der Waals surface area (Å²) in [5.41, 5.74) is 5.75. The highest BCUT2D eigenvalue weighted by Gasteiger charge is 2.02. The maximum absolute atomic E-state index is 14.3. The van der Waals surface area contributed by atoms with Crippen molar-refractivity contribution >= 4 is 0 Å². The maximum atomic E-state index is 14.3. The molecule has 0 unspecified atom stereocenters. The van der Waals surface area contributed by atoms with Gasteiger partial charge in [-0.25, -0.2) is 4.39 Å². The van der Waals surface area contributed by atoms with Gasteiger partial charge in [-0.15, -0.1) is 0 Å². The summed E-state index contributed by atoms with van der Waals surface area (Å²) in [7, 11) is 0. The van der Waals surface area contributed by atoms with Crippen molar-refractivity contribution in [1.29, 1.82) is 0 Å². The molecule has 174 valence electrons. The van der Waals surface area contributed by atoms with E-state index < -0.39 is 0 Å². The summed E-state index contributed by atoms with van der Waals surface area (Å²) in [6.45, 7) is 4.40. The van der Waals surface area contributed by atoms with Gasteiger partial charge in [0.2, 0.25) is 0 Å². The Morgan fingerprint density at radius 3 is 1.56 bits per heavy atom. The number of hydrogen-bond donors (Lipinski definition) is 0. The standard InChI is InChI=1S/C33H35F/c1-3-5-7-9-10-27-12-14-28(15-13-27)16-17-29-18-20-30(21-19-29)22-23-31-24-25-32(33(34)26-31)11-8-6-4-2/h12-15,18-21,24-26H,3-11H2,1-2H3. The second kappa shape index (κ2) is 14.1. The lowest BCUT2D eigenvalue weighted by Crippen LogP contribution is -1.92. The molecule has 0 heterocycles. The molecule has 0 aliphatic rings. The zero-order valence-electron chi connectivity index (χ0n) is 20.6. The van der Waals surface area contributed by atoms with Gasteiger partial charge in [-0.2, -0.15) is 0 Å². The van der Waals surface area contributed by atoms with E-state index in [0.717, 1.165) is 54.4 Å². The topological polar surface area (TPSA) is 0 Å². The van der Waals surface area contributed by atoms with E-state index in [1.165, 1.54) is 31.2 Å². The van der Waals surface area contributed by atoms with Gasteiger partial charge >= 0.3 is 0 Å². The molecular formula is C33H35F. The maximum Gasteiger partial charge on any atom is 0.127 e. The summed E-state index contributed by atoms with van der Waals surface area (Å²) >= 11 is 0. The Morgan fingerprint density at radius 2 is 1.00 bits per heavy atom. The summed E-state index contributed by atoms with van der Waals surface area (Å²) in [5, 5.41) is 0. The highest BCUT2D eigenvalue weighted by atomic mass is 19.1. The van der Waals surface area contributed by atoms with Crippen molar-refractivity contribution in [3.05, 3.63) is 106 Å². The monoisotopic (exact) mass is 450 g/mol. The molecule has 0 N–H and O–H groups in total. The smallest absolute Gasteiger partial charge is 0.127 e. The SMILES string of the molecule is CCCCCCc1ccc(C#Cc2ccc(C#Cc3ccc(CCCCC)c(F)c3)cc2)cc1. The van der Waals surface area contributed by atoms with Crippen LogP contribution < -0.4 is 0 Å². The normalized spacial score (nSPS) is 10.2. The van der Waals surface area contributed by atoms with Crippen molar-refractivity contribution in [1.82, 2.24) is 0 Å². The molecule has 1 heteroatoms. The molecule has 0 radical (unpaired) electrons. The molecule has 34 heavy (non-hydrogen) atoms. The molecular weight excluding hydrogens is 415 g/mol. The number of benzene rings is 3. The van der Waals surface area contributed by atoms with Crippen LogP contribution in [-0.4, -0.2) is 0 Å². The van der Waals surface area contributed by atoms with Crippen LogP contribution >= 0.6 is 0 Å². The summed E-state index contributed by atoms with van der Waals surface area (Å²) in [5.74, 6) is 12.5. The average Bonchev–Trinajstić information content (AvgIpc) is 2.87. The fourth-order valence-corrected chi connectivity index (χ4v) is 3.83. The van der Waals surface area contributed by atoms with Gasteiger partial charge in [-0.3, -0.25) is 0 Å². The lowest BCUT2D eigenvalue weighted by atomic mass is 10.0. The van der Waals surface area contributed by atoms with Crippen LogP contribution in [0.5, 0.6) is 0 Å². The number of halogens is 1. The van der Waals surface area contributed by atoms with E-state index in [4.69, 9.17) is 0 Å². The zero-order valence-corrected chi connectivity index (χ0v) is 20.6. The summed E-state index contributed by atoms with van der Waals surface area (Å²) in [6, 6.07) is 21.8. The van der Waals surface area contributed by atoms with Gasteiger partial charge in [0.05, 0.1) is 0 Å². The lowest BCUT2D eigenvalue weighted by Gasteiger charge is -2.03. The van der Waals surface area contributed by atoms with Crippen LogP contribution in [-0.2, 0) is 12.8 Å². The average molecular weight is 451 g/mol. The van der Waals surface area contributed by atoms with Crippen molar-refractivity contribution in [2.24, 2.45) is 0 Å². The van der Waals surface area contributed by atoms with Crippen LogP contribution in [0.2, 0.25) is 0 Å². The van der Waals surface area contributed by atoms with Crippen molar-refractivity contribution in [2.75, 3.05) is 0 Å². The van der Waals surface area contributed by atoms with Crippen LogP contribution in [0.15, 0.2) is 66.7 Å². The Labute approximate surface area is 205 Å². The van der Waals surface area contributed by atoms with E-state index in [1.54, 1.807) is 6.07 Å². The van der Waals surface area contributed by atoms with Crippen LogP contribution in [0.1, 0.15) is 92.2 Å². The Hall–Kier alpha value is -3.29. The molecule has 0 fully saturated rings. The molecule has 0 amide bonds. The van der Waals surface area contributed by atoms with Gasteiger partial charge in [0.25, 0.3) is 0 Å². The fraction of sp³-hybridized carbons (Fsp3) is 0.333. The van der Waals surface area contributed by atoms with Gasteiger partial charge in [-0.1, -0.05) is 87.8 Å². The predicted octanol–water partition coefficient (Wildman–Crippen LogP) is 8.48. The molecule has 0 aliphatic carbocycles. The highest BCUT2D eigenvalue weighted by Crippen LogP contribution is 2.14. The Morgan fingerprint density at radius 1 is 0.529 bits per heavy atom. The van der Waals surface area contributed by atoms with E-state index >= 15 is 0 Å². The first-order valence-electron chi connectivity index (χ1n) is 12.7. The van der Waals surface area contributed by atoms with Crippen LogP contribution in [0, 0.1) is 29.5 Å². The summed E-state index contributed by atoms with van der Waals surface area (Å²) in [6.07, 6.45) is 10.4. The Kier molecular flexibility index (Phi) is 10.5. The molecule has 0 aliphatic heterocycles. The van der Waals surface area contributed by atoms with Crippen LogP contribution in [0.25, 0.3) is 0 Å². The lowest BCUT2D eigenvalue weighted by molar-refractivity contribution is 0.598. The van der Waals surface area contributed by atoms with Crippen molar-refractivity contribution in [3.8, 4) is 23.7 Å². The zero-order chi connectivity index (χ0) is 24.0. The quantitative estimate of drug-likeness (QED) is 0.226. The molecule has 3 rings (SSSR count). The molecule has 3 aromatic rings. The van der Waals surface area contributed by atoms with Crippen molar-refractivity contribution < 1.29 is 4.39 Å². The largest absolute Gasteiger partial charge is 0.207 e. The highest BCUT2D eigenvalue weighted by molar-refractivity contribution is 5.48. The first-order valence-corrected chi connectivity index (χ1v) is 12.7. The van der Waals surface area contributed by atoms with Gasteiger partial charge in [0.15, 0.2) is 0 Å². The van der Waals surface area contributed by atoms with E-state index in [2.05, 4.69) is 61.8 Å². The van der Waals surface area contributed by atoms with E-state index in [1.807, 2.05) is 36.4 Å². The van der Waals surface area contributed by atoms with Crippen LogP contribution in [0.3, 0.4) is 0 Å². The van der Waals surface area contributed by atoms with Crippen LogP contribution in [0.4, 0.5) is 4.39 Å². The van der Waals surface area contributed by atoms with E-state index in [-0.39, 0.29) is 5.82 Å². The molecule has 0 spiro atoms. The molecule has 0 bridgehead atoms. The molecule has 0 aromatic heterocycles. The van der Waals surface area contributed by atoms with Gasteiger partial charge < -0.3 is 0 Å². The Balaban J connectivity index is 1.56. The van der Waals surface area contributed by atoms with Crippen molar-refractivity contribution in [2.45, 2.75) is 71.6 Å². The summed E-state index contributed by atoms with van der Waals surface area (Å²) in [4.78, 5) is 0. The third-order valence-corrected chi connectivity index (χ3v) is 5.96. The number of rotatable bonds is 9. The molecule has 0 saturated carbocycles. The van der Waals surface area contributed by atoms with Gasteiger partial charge in [0.1, 0.15) is 5.82 Å². The molecule has 0 saturated heterocycles. The third kappa shape index (κ3) is 8.57. The van der Waals surface area contributed by atoms with Crippen molar-refractivity contribution in [3.63, 3.8) is 0 Å². The minimum absolute atomic E-state index is 0.155.